The Morgan fingerprint density at radius 2 is 1.93 bits per heavy atom. The number of hydrogen-bond acceptors (Lipinski definition) is 7. The first-order valence-electron chi connectivity index (χ1n) is 8.33. The van der Waals surface area contributed by atoms with Crippen molar-refractivity contribution in [2.24, 2.45) is 0 Å². The van der Waals surface area contributed by atoms with Crippen molar-refractivity contribution in [1.82, 2.24) is 5.32 Å². The number of carbonyl (C=O) groups excluding carboxylic acids is 3. The zero-order valence-corrected chi connectivity index (χ0v) is 15.2. The summed E-state index contributed by atoms with van der Waals surface area (Å²) in [7, 11) is 0. The lowest BCUT2D eigenvalue weighted by Gasteiger charge is -2.14. The zero-order valence-electron chi connectivity index (χ0n) is 15.2. The zero-order chi connectivity index (χ0) is 21.4. The van der Waals surface area contributed by atoms with Crippen molar-refractivity contribution in [2.75, 3.05) is 11.9 Å². The molecule has 0 aliphatic heterocycles. The van der Waals surface area contributed by atoms with Crippen LogP contribution in [0.4, 0.5) is 11.4 Å². The van der Waals surface area contributed by atoms with Gasteiger partial charge in [-0.2, -0.15) is 5.26 Å². The summed E-state index contributed by atoms with van der Waals surface area (Å²) in [4.78, 5) is 46.0. The predicted molar refractivity (Wildman–Crippen MR) is 101 cm³/mol. The molecule has 0 saturated heterocycles. The average molecular weight is 396 g/mol. The first-order chi connectivity index (χ1) is 13.8. The van der Waals surface area contributed by atoms with Gasteiger partial charge in [-0.25, -0.2) is 0 Å². The standard InChI is InChI=1S/C19H16N4O6/c1-12(18(25)22-15-6-2-4-13(8-15)10-20)29-17(24)11-21-19(26)14-5-3-7-16(9-14)23(27)28/h2-9,12H,11H2,1H3,(H,21,26)(H,22,25)/t12-/m1/s1. The van der Waals surface area contributed by atoms with Crippen LogP contribution in [0.2, 0.25) is 0 Å². The Hall–Kier alpha value is -4.26. The topological polar surface area (TPSA) is 151 Å². The number of hydrogen-bond donors (Lipinski definition) is 2. The van der Waals surface area contributed by atoms with Gasteiger partial charge >= 0.3 is 5.97 Å². The maximum atomic E-state index is 12.1. The molecule has 0 aliphatic carbocycles. The SMILES string of the molecule is C[C@@H](OC(=O)CNC(=O)c1cccc([N+](=O)[O-])c1)C(=O)Nc1cccc(C#N)c1. The van der Waals surface area contributed by atoms with Gasteiger partial charge in [0.2, 0.25) is 0 Å². The fourth-order valence-electron chi connectivity index (χ4n) is 2.22. The Kier molecular flexibility index (Phi) is 6.97. The molecule has 148 valence electrons. The summed E-state index contributed by atoms with van der Waals surface area (Å²) in [6, 6.07) is 13.2. The van der Waals surface area contributed by atoms with Crippen molar-refractivity contribution < 1.29 is 24.0 Å². The molecule has 0 fully saturated rings. The Labute approximate surface area is 165 Å². The summed E-state index contributed by atoms with van der Waals surface area (Å²) in [6.45, 7) is 0.826. The molecule has 10 nitrogen and oxygen atoms in total. The number of nitrogens with zero attached hydrogens (tertiary/aromatic N) is 2. The third kappa shape index (κ3) is 6.14. The van der Waals surface area contributed by atoms with Crippen LogP contribution in [0.3, 0.4) is 0 Å². The van der Waals surface area contributed by atoms with Crippen LogP contribution in [0, 0.1) is 21.4 Å². The van der Waals surface area contributed by atoms with E-state index in [0.717, 1.165) is 6.07 Å². The number of esters is 1. The Bertz CT molecular complexity index is 998. The Morgan fingerprint density at radius 3 is 2.62 bits per heavy atom. The number of rotatable bonds is 7. The van der Waals surface area contributed by atoms with Crippen molar-refractivity contribution in [3.8, 4) is 6.07 Å². The fourth-order valence-corrected chi connectivity index (χ4v) is 2.22. The maximum Gasteiger partial charge on any atom is 0.326 e. The van der Waals surface area contributed by atoms with Crippen LogP contribution >= 0.6 is 0 Å². The average Bonchev–Trinajstić information content (AvgIpc) is 2.72. The van der Waals surface area contributed by atoms with E-state index in [0.29, 0.717) is 11.3 Å². The summed E-state index contributed by atoms with van der Waals surface area (Å²) in [5.74, 6) is -2.17. The van der Waals surface area contributed by atoms with Gasteiger partial charge in [-0.1, -0.05) is 12.1 Å². The van der Waals surface area contributed by atoms with Gasteiger partial charge in [-0.3, -0.25) is 24.5 Å². The number of anilines is 1. The highest BCUT2D eigenvalue weighted by molar-refractivity contribution is 5.97. The first kappa shape index (κ1) is 21.0. The molecule has 2 N–H and O–H groups in total. The number of nitriles is 1. The van der Waals surface area contributed by atoms with Crippen molar-refractivity contribution in [3.63, 3.8) is 0 Å². The molecule has 0 saturated carbocycles. The third-order valence-electron chi connectivity index (χ3n) is 3.65. The van der Waals surface area contributed by atoms with Crippen LogP contribution < -0.4 is 10.6 Å². The molecule has 0 heterocycles. The molecule has 1 atom stereocenters. The molecule has 2 aromatic carbocycles. The van der Waals surface area contributed by atoms with E-state index in [-0.39, 0.29) is 11.3 Å². The van der Waals surface area contributed by atoms with E-state index in [1.54, 1.807) is 18.2 Å². The quantitative estimate of drug-likeness (QED) is 0.411. The molecule has 2 amide bonds. The van der Waals surface area contributed by atoms with Crippen molar-refractivity contribution in [3.05, 3.63) is 69.8 Å². The number of non-ortho nitro benzene ring substituents is 1. The van der Waals surface area contributed by atoms with E-state index < -0.39 is 35.4 Å². The molecule has 0 radical (unpaired) electrons. The third-order valence-corrected chi connectivity index (χ3v) is 3.65. The van der Waals surface area contributed by atoms with Gasteiger partial charge in [-0.15, -0.1) is 0 Å². The summed E-state index contributed by atoms with van der Waals surface area (Å²) in [5, 5.41) is 24.4. The van der Waals surface area contributed by atoms with Crippen LogP contribution in [-0.4, -0.2) is 35.4 Å². The second kappa shape index (κ2) is 9.61. The number of nitrogens with one attached hydrogen (secondary N) is 2. The molecule has 10 heteroatoms. The highest BCUT2D eigenvalue weighted by Gasteiger charge is 2.19. The lowest BCUT2D eigenvalue weighted by molar-refractivity contribution is -0.384. The molecule has 29 heavy (non-hydrogen) atoms. The number of nitro groups is 1. The Morgan fingerprint density at radius 1 is 1.21 bits per heavy atom. The highest BCUT2D eigenvalue weighted by Crippen LogP contribution is 2.13. The van der Waals surface area contributed by atoms with Crippen molar-refractivity contribution >= 4 is 29.2 Å². The maximum absolute atomic E-state index is 12.1. The second-order valence-electron chi connectivity index (χ2n) is 5.80. The first-order valence-corrected chi connectivity index (χ1v) is 8.33. The summed E-state index contributed by atoms with van der Waals surface area (Å²) < 4.78 is 4.95. The molecule has 0 aromatic heterocycles. The number of benzene rings is 2. The van der Waals surface area contributed by atoms with Gasteiger partial charge in [0.1, 0.15) is 6.54 Å². The van der Waals surface area contributed by atoms with Gasteiger partial charge < -0.3 is 15.4 Å². The van der Waals surface area contributed by atoms with Crippen LogP contribution in [-0.2, 0) is 14.3 Å². The van der Waals surface area contributed by atoms with E-state index in [9.17, 15) is 24.5 Å². The molecule has 2 rings (SSSR count). The molecule has 0 spiro atoms. The van der Waals surface area contributed by atoms with E-state index in [2.05, 4.69) is 10.6 Å². The van der Waals surface area contributed by atoms with E-state index in [1.165, 1.54) is 31.2 Å². The monoisotopic (exact) mass is 396 g/mol. The lowest BCUT2D eigenvalue weighted by atomic mass is 10.2. The van der Waals surface area contributed by atoms with Gasteiger partial charge in [0.05, 0.1) is 16.6 Å². The normalized spacial score (nSPS) is 10.9. The minimum atomic E-state index is -1.15. The molecule has 0 bridgehead atoms. The lowest BCUT2D eigenvalue weighted by Crippen LogP contribution is -2.35. The minimum absolute atomic E-state index is 0.00941. The second-order valence-corrected chi connectivity index (χ2v) is 5.80. The van der Waals surface area contributed by atoms with Crippen molar-refractivity contribution in [2.45, 2.75) is 13.0 Å². The van der Waals surface area contributed by atoms with Crippen LogP contribution in [0.5, 0.6) is 0 Å². The van der Waals surface area contributed by atoms with Gasteiger partial charge in [0.25, 0.3) is 17.5 Å². The van der Waals surface area contributed by atoms with Gasteiger partial charge in [-0.05, 0) is 31.2 Å². The highest BCUT2D eigenvalue weighted by atomic mass is 16.6. The molecular formula is C19H16N4O6. The van der Waals surface area contributed by atoms with Crippen LogP contribution in [0.1, 0.15) is 22.8 Å². The van der Waals surface area contributed by atoms with Crippen LogP contribution in [0.15, 0.2) is 48.5 Å². The fraction of sp³-hybridized carbons (Fsp3) is 0.158. The summed E-state index contributed by atoms with van der Waals surface area (Å²) in [6.07, 6.45) is -1.15. The molecule has 2 aromatic rings. The minimum Gasteiger partial charge on any atom is -0.451 e. The predicted octanol–water partition coefficient (Wildman–Crippen LogP) is 1.77. The van der Waals surface area contributed by atoms with Gasteiger partial charge in [0, 0.05) is 23.4 Å². The van der Waals surface area contributed by atoms with E-state index in [1.807, 2.05) is 6.07 Å². The number of carbonyl (C=O) groups is 3. The van der Waals surface area contributed by atoms with E-state index in [4.69, 9.17) is 10.00 Å². The summed E-state index contributed by atoms with van der Waals surface area (Å²) >= 11 is 0. The number of amides is 2. The smallest absolute Gasteiger partial charge is 0.326 e. The molecular weight excluding hydrogens is 380 g/mol. The van der Waals surface area contributed by atoms with E-state index >= 15 is 0 Å². The number of ether oxygens (including phenoxy) is 1. The molecule has 0 unspecified atom stereocenters. The Balaban J connectivity index is 1.85. The number of nitro benzene ring substituents is 1. The summed E-state index contributed by atoms with van der Waals surface area (Å²) in [5.41, 5.74) is 0.480. The van der Waals surface area contributed by atoms with Crippen molar-refractivity contribution in [1.29, 1.82) is 5.26 Å². The van der Waals surface area contributed by atoms with Crippen LogP contribution in [0.25, 0.3) is 0 Å². The van der Waals surface area contributed by atoms with Gasteiger partial charge in [0.15, 0.2) is 6.10 Å². The largest absolute Gasteiger partial charge is 0.451 e. The molecule has 0 aliphatic rings.